The monoisotopic (exact) mass is 417 g/mol. The summed E-state index contributed by atoms with van der Waals surface area (Å²) in [4.78, 5) is 22.0. The number of nitrogens with one attached hydrogen (secondary N) is 1. The third kappa shape index (κ3) is 4.66. The summed E-state index contributed by atoms with van der Waals surface area (Å²) < 4.78 is 3.47. The van der Waals surface area contributed by atoms with Crippen molar-refractivity contribution >= 4 is 22.3 Å². The van der Waals surface area contributed by atoms with E-state index in [0.717, 1.165) is 76.7 Å². The van der Waals surface area contributed by atoms with Gasteiger partial charge in [-0.2, -0.15) is 5.10 Å². The van der Waals surface area contributed by atoms with Crippen LogP contribution in [0, 0.1) is 0 Å². The number of anilines is 1. The minimum atomic E-state index is 0.0419. The van der Waals surface area contributed by atoms with E-state index in [1.807, 2.05) is 4.57 Å². The highest BCUT2D eigenvalue weighted by molar-refractivity contribution is 7.14. The summed E-state index contributed by atoms with van der Waals surface area (Å²) in [5, 5.41) is 11.4. The average Bonchev–Trinajstić information content (AvgIpc) is 3.40. The number of aryl methyl sites for hydroxylation is 2. The molecule has 0 spiro atoms. The normalized spacial score (nSPS) is 17.5. The molecule has 0 atom stereocenters. The largest absolute Gasteiger partial charge is 0.360 e. The molecule has 0 bridgehead atoms. The second-order valence-corrected chi connectivity index (χ2v) is 8.47. The van der Waals surface area contributed by atoms with Gasteiger partial charge >= 0.3 is 5.69 Å². The molecular formula is C20H31N7OS. The lowest BCUT2D eigenvalue weighted by Crippen LogP contribution is -2.52. The molecule has 0 saturated carbocycles. The zero-order chi connectivity index (χ0) is 20.1. The molecule has 4 rings (SSSR count). The standard InChI is InChI=1S/C20H31N7OS/c1-2-21-19(25-14-12-24(13-15-25)18-8-5-16-29-18)22-9-6-11-27-20(28)26-10-4-3-7-17(26)23-27/h5,8,16H,2-4,6-7,9-15H2,1H3,(H,21,22). The van der Waals surface area contributed by atoms with Gasteiger partial charge < -0.3 is 15.1 Å². The predicted octanol–water partition coefficient (Wildman–Crippen LogP) is 1.62. The number of piperazine rings is 1. The van der Waals surface area contributed by atoms with E-state index in [-0.39, 0.29) is 5.69 Å². The van der Waals surface area contributed by atoms with Crippen molar-refractivity contribution in [2.24, 2.45) is 4.99 Å². The Bertz CT molecular complexity index is 862. The van der Waals surface area contributed by atoms with Crippen molar-refractivity contribution in [3.8, 4) is 0 Å². The summed E-state index contributed by atoms with van der Waals surface area (Å²) >= 11 is 1.80. The molecule has 1 fully saturated rings. The highest BCUT2D eigenvalue weighted by Crippen LogP contribution is 2.22. The van der Waals surface area contributed by atoms with Gasteiger partial charge in [0.1, 0.15) is 5.82 Å². The number of hydrogen-bond acceptors (Lipinski definition) is 5. The van der Waals surface area contributed by atoms with Gasteiger partial charge in [-0.3, -0.25) is 9.56 Å². The van der Waals surface area contributed by atoms with Gasteiger partial charge in [-0.25, -0.2) is 9.48 Å². The number of aromatic nitrogens is 3. The molecule has 4 heterocycles. The predicted molar refractivity (Wildman–Crippen MR) is 118 cm³/mol. The highest BCUT2D eigenvalue weighted by atomic mass is 32.1. The van der Waals surface area contributed by atoms with E-state index in [4.69, 9.17) is 4.99 Å². The van der Waals surface area contributed by atoms with Crippen LogP contribution in [0.2, 0.25) is 0 Å². The van der Waals surface area contributed by atoms with Crippen molar-refractivity contribution in [1.29, 1.82) is 0 Å². The smallest absolute Gasteiger partial charge is 0.345 e. The van der Waals surface area contributed by atoms with E-state index in [1.165, 1.54) is 5.00 Å². The van der Waals surface area contributed by atoms with Crippen LogP contribution < -0.4 is 15.9 Å². The van der Waals surface area contributed by atoms with E-state index in [2.05, 4.69) is 44.7 Å². The SMILES string of the molecule is CCNC(=NCCCn1nc2n(c1=O)CCCC2)N1CCN(c2cccs2)CC1. The molecular weight excluding hydrogens is 386 g/mol. The fourth-order valence-corrected chi connectivity index (χ4v) is 4.80. The van der Waals surface area contributed by atoms with E-state index in [0.29, 0.717) is 13.1 Å². The van der Waals surface area contributed by atoms with E-state index in [1.54, 1.807) is 16.0 Å². The Morgan fingerprint density at radius 2 is 2.10 bits per heavy atom. The lowest BCUT2D eigenvalue weighted by Gasteiger charge is -2.37. The van der Waals surface area contributed by atoms with Crippen LogP contribution in [-0.2, 0) is 19.5 Å². The van der Waals surface area contributed by atoms with Gasteiger partial charge in [-0.1, -0.05) is 0 Å². The molecule has 8 nitrogen and oxygen atoms in total. The molecule has 0 aliphatic carbocycles. The van der Waals surface area contributed by atoms with Crippen molar-refractivity contribution in [3.63, 3.8) is 0 Å². The molecule has 158 valence electrons. The highest BCUT2D eigenvalue weighted by Gasteiger charge is 2.20. The fourth-order valence-electron chi connectivity index (χ4n) is 4.01. The number of guanidine groups is 1. The summed E-state index contributed by atoms with van der Waals surface area (Å²) in [7, 11) is 0. The Morgan fingerprint density at radius 1 is 1.24 bits per heavy atom. The Morgan fingerprint density at radius 3 is 2.83 bits per heavy atom. The van der Waals surface area contributed by atoms with Crippen LogP contribution in [0.3, 0.4) is 0 Å². The summed E-state index contributed by atoms with van der Waals surface area (Å²) in [5.74, 6) is 1.93. The first kappa shape index (κ1) is 20.0. The first-order chi connectivity index (χ1) is 14.3. The maximum absolute atomic E-state index is 12.4. The zero-order valence-corrected chi connectivity index (χ0v) is 18.0. The number of fused-ring (bicyclic) bond motifs is 1. The molecule has 0 radical (unpaired) electrons. The van der Waals surface area contributed by atoms with Crippen LogP contribution in [0.15, 0.2) is 27.3 Å². The van der Waals surface area contributed by atoms with E-state index in [9.17, 15) is 4.79 Å². The number of aliphatic imine (C=N–C) groups is 1. The fraction of sp³-hybridized carbons (Fsp3) is 0.650. The maximum atomic E-state index is 12.4. The van der Waals surface area contributed by atoms with Gasteiger partial charge in [0, 0.05) is 58.8 Å². The molecule has 9 heteroatoms. The minimum absolute atomic E-state index is 0.0419. The molecule has 2 aliphatic heterocycles. The second kappa shape index (κ2) is 9.47. The van der Waals surface area contributed by atoms with Crippen LogP contribution >= 0.6 is 11.3 Å². The second-order valence-electron chi connectivity index (χ2n) is 7.55. The average molecular weight is 418 g/mol. The van der Waals surface area contributed by atoms with Crippen molar-refractivity contribution in [1.82, 2.24) is 24.6 Å². The van der Waals surface area contributed by atoms with Gasteiger partial charge in [0.05, 0.1) is 5.00 Å². The third-order valence-corrected chi connectivity index (χ3v) is 6.48. The lowest BCUT2D eigenvalue weighted by molar-refractivity contribution is 0.373. The summed E-state index contributed by atoms with van der Waals surface area (Å²) in [6.45, 7) is 9.07. The quantitative estimate of drug-likeness (QED) is 0.439. The third-order valence-electron chi connectivity index (χ3n) is 5.55. The molecule has 0 unspecified atom stereocenters. The van der Waals surface area contributed by atoms with Crippen LogP contribution in [0.5, 0.6) is 0 Å². The molecule has 29 heavy (non-hydrogen) atoms. The van der Waals surface area contributed by atoms with Crippen molar-refractivity contribution in [2.75, 3.05) is 44.2 Å². The number of thiophene rings is 1. The Kier molecular flexibility index (Phi) is 6.53. The van der Waals surface area contributed by atoms with Gasteiger partial charge in [0.25, 0.3) is 0 Å². The van der Waals surface area contributed by atoms with Crippen molar-refractivity contribution < 1.29 is 0 Å². The van der Waals surface area contributed by atoms with Crippen LogP contribution in [0.1, 0.15) is 32.0 Å². The topological polar surface area (TPSA) is 70.7 Å². The molecule has 2 aromatic rings. The zero-order valence-electron chi connectivity index (χ0n) is 17.2. The van der Waals surface area contributed by atoms with Crippen LogP contribution in [0.25, 0.3) is 0 Å². The first-order valence-electron chi connectivity index (χ1n) is 10.7. The van der Waals surface area contributed by atoms with Gasteiger partial charge in [-0.05, 0) is 43.7 Å². The summed E-state index contributed by atoms with van der Waals surface area (Å²) in [5.41, 5.74) is 0.0419. The Labute approximate surface area is 175 Å². The summed E-state index contributed by atoms with van der Waals surface area (Å²) in [6, 6.07) is 4.30. The molecule has 0 aromatic carbocycles. The van der Waals surface area contributed by atoms with Gasteiger partial charge in [0.2, 0.25) is 0 Å². The Hall–Kier alpha value is -2.29. The Balaban J connectivity index is 1.30. The molecule has 1 N–H and O–H groups in total. The lowest BCUT2D eigenvalue weighted by atomic mass is 10.2. The van der Waals surface area contributed by atoms with Gasteiger partial charge in [0.15, 0.2) is 5.96 Å². The molecule has 1 saturated heterocycles. The molecule has 0 amide bonds. The minimum Gasteiger partial charge on any atom is -0.360 e. The van der Waals surface area contributed by atoms with Crippen molar-refractivity contribution in [3.05, 3.63) is 33.8 Å². The number of hydrogen-bond donors (Lipinski definition) is 1. The van der Waals surface area contributed by atoms with Crippen LogP contribution in [0.4, 0.5) is 5.00 Å². The van der Waals surface area contributed by atoms with E-state index < -0.39 is 0 Å². The molecule has 2 aliphatic rings. The van der Waals surface area contributed by atoms with E-state index >= 15 is 0 Å². The summed E-state index contributed by atoms with van der Waals surface area (Å²) in [6.07, 6.45) is 3.95. The number of rotatable bonds is 6. The first-order valence-corrected chi connectivity index (χ1v) is 11.6. The molecule has 2 aromatic heterocycles. The van der Waals surface area contributed by atoms with Crippen molar-refractivity contribution in [2.45, 2.75) is 45.7 Å². The van der Waals surface area contributed by atoms with Crippen LogP contribution in [-0.4, -0.2) is 64.5 Å². The maximum Gasteiger partial charge on any atom is 0.345 e. The number of nitrogens with zero attached hydrogens (tertiary/aromatic N) is 6. The van der Waals surface area contributed by atoms with Gasteiger partial charge in [-0.15, -0.1) is 11.3 Å².